The Bertz CT molecular complexity index is 1920. The van der Waals surface area contributed by atoms with Crippen molar-refractivity contribution >= 4 is 53.5 Å². The summed E-state index contributed by atoms with van der Waals surface area (Å²) in [4.78, 5) is -1.25. The Morgan fingerprint density at radius 3 is 0.948 bits per heavy atom. The molecular formula is C43H55Na2O9PS3. The number of hydrogen-bond donors (Lipinski definition) is 0. The van der Waals surface area contributed by atoms with E-state index in [1.807, 2.05) is 0 Å². The number of hydrogen-bond acceptors (Lipinski definition) is 9. The van der Waals surface area contributed by atoms with Crippen LogP contribution in [0.2, 0.25) is 0 Å². The first-order valence-corrected chi connectivity index (χ1v) is 25.9. The third-order valence-corrected chi connectivity index (χ3v) is 17.0. The van der Waals surface area contributed by atoms with Crippen molar-refractivity contribution in [3.8, 4) is 23.7 Å². The van der Waals surface area contributed by atoms with Crippen molar-refractivity contribution in [2.45, 2.75) is 144 Å². The minimum absolute atomic E-state index is 0. The van der Waals surface area contributed by atoms with Crippen molar-refractivity contribution in [2.75, 3.05) is 6.16 Å². The van der Waals surface area contributed by atoms with Gasteiger partial charge >= 0.3 is 59.1 Å². The van der Waals surface area contributed by atoms with Gasteiger partial charge in [0.2, 0.25) is 0 Å². The summed E-state index contributed by atoms with van der Waals surface area (Å²) in [6.45, 7) is 2.25. The van der Waals surface area contributed by atoms with Gasteiger partial charge in [0.25, 0.3) is 0 Å². The van der Waals surface area contributed by atoms with Crippen LogP contribution in [-0.2, 0) is 30.4 Å². The zero-order valence-corrected chi connectivity index (χ0v) is 41.8. The van der Waals surface area contributed by atoms with E-state index in [4.69, 9.17) is 0 Å². The molecule has 0 saturated heterocycles. The molecule has 0 aliphatic carbocycles. The Hall–Kier alpha value is -1.06. The number of rotatable bonds is 25. The van der Waals surface area contributed by atoms with Crippen LogP contribution in [0.5, 0.6) is 0 Å². The Morgan fingerprint density at radius 2 is 0.672 bits per heavy atom. The van der Waals surface area contributed by atoms with Crippen molar-refractivity contribution in [2.24, 2.45) is 0 Å². The summed E-state index contributed by atoms with van der Waals surface area (Å²) in [6.07, 6.45) is 22.0. The summed E-state index contributed by atoms with van der Waals surface area (Å²) in [5.41, 5.74) is 0. The van der Waals surface area contributed by atoms with Crippen LogP contribution in [0.25, 0.3) is 0 Å². The fourth-order valence-corrected chi connectivity index (χ4v) is 12.5. The first-order chi connectivity index (χ1) is 26.7. The molecule has 3 aromatic rings. The molecule has 0 aliphatic heterocycles. The van der Waals surface area contributed by atoms with Gasteiger partial charge in [-0.2, -0.15) is 0 Å². The Balaban J connectivity index is 0.00000841. The summed E-state index contributed by atoms with van der Waals surface area (Å²) in [7, 11) is -17.0. The molecule has 0 atom stereocenters. The topological polar surface area (TPSA) is 172 Å². The van der Waals surface area contributed by atoms with E-state index in [1.165, 1.54) is 94.2 Å². The summed E-state index contributed by atoms with van der Waals surface area (Å²) in [6, 6.07) is 16.6. The van der Waals surface area contributed by atoms with Crippen LogP contribution in [0.15, 0.2) is 87.5 Å². The van der Waals surface area contributed by atoms with Crippen LogP contribution in [0.1, 0.15) is 129 Å². The maximum absolute atomic E-state index is 11.7. The quantitative estimate of drug-likeness (QED) is 0.0407. The average molecular weight is 889 g/mol. The van der Waals surface area contributed by atoms with Crippen molar-refractivity contribution < 1.29 is 98.0 Å². The zero-order chi connectivity index (χ0) is 40.9. The monoisotopic (exact) mass is 888 g/mol. The SMILES string of the molecule is CCCCCCCCCCCCC#CC#CCCCCCCCCC[P+](c1ccc(S(=O)(=O)[O-])cc1)(c1ccc(S(=O)(=O)[O-])cc1)c1ccc(S(=O)(=O)[O-])cc1.[Na+].[Na+]. The van der Waals surface area contributed by atoms with Crippen molar-refractivity contribution in [1.29, 1.82) is 0 Å². The molecule has 3 rings (SSSR count). The van der Waals surface area contributed by atoms with Crippen LogP contribution in [-0.4, -0.2) is 45.1 Å². The van der Waals surface area contributed by atoms with Crippen molar-refractivity contribution in [1.82, 2.24) is 0 Å². The standard InChI is InChI=1S/C43H57O9PS3.2Na/c1-2-3-4-5-6-7-8-9-10-11-12-13-14-15-16-17-18-19-20-21-22-23-24-37-53(38-25-31-41(32-26-38)54(44,45)46,39-27-33-42(34-28-39)55(47,48)49)40-29-35-43(36-30-40)56(50,51)52;;/h25-36H,2-12,17-24,37H2,1H3,(H2-,44,45,46,47,48,49,50,51,52);;/q;2*+1/p-2. The molecule has 58 heavy (non-hydrogen) atoms. The predicted octanol–water partition coefficient (Wildman–Crippen LogP) is 2.14. The van der Waals surface area contributed by atoms with Crippen LogP contribution in [0.3, 0.4) is 0 Å². The van der Waals surface area contributed by atoms with Gasteiger partial charge in [0, 0.05) is 12.8 Å². The molecule has 306 valence electrons. The second-order valence-corrected chi connectivity index (χ2v) is 21.9. The molecule has 0 fully saturated rings. The molecule has 0 unspecified atom stereocenters. The smallest absolute Gasteiger partial charge is 0.744 e. The van der Waals surface area contributed by atoms with Gasteiger partial charge in [-0.05, 0) is 110 Å². The van der Waals surface area contributed by atoms with E-state index in [9.17, 15) is 38.9 Å². The largest absolute Gasteiger partial charge is 1.00 e. The van der Waals surface area contributed by atoms with E-state index >= 15 is 0 Å². The first kappa shape index (κ1) is 55.0. The zero-order valence-electron chi connectivity index (χ0n) is 34.4. The van der Waals surface area contributed by atoms with Gasteiger partial charge in [-0.1, -0.05) is 102 Å². The molecule has 0 spiro atoms. The van der Waals surface area contributed by atoms with Gasteiger partial charge in [0.05, 0.1) is 20.8 Å². The van der Waals surface area contributed by atoms with E-state index in [0.29, 0.717) is 28.5 Å². The average Bonchev–Trinajstić information content (AvgIpc) is 3.16. The molecular weight excluding hydrogens is 834 g/mol. The van der Waals surface area contributed by atoms with Gasteiger partial charge in [-0.25, -0.2) is 25.3 Å². The van der Waals surface area contributed by atoms with E-state index in [-0.39, 0.29) is 59.1 Å². The molecule has 3 aromatic carbocycles. The van der Waals surface area contributed by atoms with Gasteiger partial charge in [-0.15, -0.1) is 0 Å². The van der Waals surface area contributed by atoms with Gasteiger partial charge in [0.15, 0.2) is 0 Å². The molecule has 0 amide bonds. The van der Waals surface area contributed by atoms with Crippen LogP contribution in [0, 0.1) is 23.7 Å². The molecule has 0 radical (unpaired) electrons. The first-order valence-electron chi connectivity index (χ1n) is 19.7. The van der Waals surface area contributed by atoms with Crippen LogP contribution < -0.4 is 75.0 Å². The molecule has 9 nitrogen and oxygen atoms in total. The molecule has 0 bridgehead atoms. The molecule has 0 N–H and O–H groups in total. The number of benzene rings is 3. The third kappa shape index (κ3) is 19.3. The number of unbranched alkanes of at least 4 members (excludes halogenated alkanes) is 17. The van der Waals surface area contributed by atoms with E-state index in [2.05, 4.69) is 30.6 Å². The minimum atomic E-state index is -4.74. The second kappa shape index (κ2) is 28.5. The summed E-state index contributed by atoms with van der Waals surface area (Å²) >= 11 is 0. The molecule has 0 aromatic heterocycles. The molecule has 0 saturated carbocycles. The summed E-state index contributed by atoms with van der Waals surface area (Å²) in [5, 5.41) is 1.97. The Kier molecular flexibility index (Phi) is 27.0. The normalized spacial score (nSPS) is 11.7. The second-order valence-electron chi connectivity index (χ2n) is 14.1. The summed E-state index contributed by atoms with van der Waals surface area (Å²) < 4.78 is 106. The van der Waals surface area contributed by atoms with Gasteiger partial charge < -0.3 is 13.7 Å². The van der Waals surface area contributed by atoms with Gasteiger partial charge in [-0.3, -0.25) is 0 Å². The Labute approximate surface area is 393 Å². The van der Waals surface area contributed by atoms with Crippen LogP contribution in [0.4, 0.5) is 0 Å². The molecule has 15 heteroatoms. The van der Waals surface area contributed by atoms with Crippen LogP contribution >= 0.6 is 7.26 Å². The minimum Gasteiger partial charge on any atom is -0.744 e. The summed E-state index contributed by atoms with van der Waals surface area (Å²) in [5.74, 6) is 12.3. The van der Waals surface area contributed by atoms with Crippen molar-refractivity contribution in [3.63, 3.8) is 0 Å². The fourth-order valence-electron chi connectivity index (χ4n) is 6.80. The fraction of sp³-hybridized carbons (Fsp3) is 0.488. The maximum Gasteiger partial charge on any atom is 1.00 e. The predicted molar refractivity (Wildman–Crippen MR) is 223 cm³/mol. The van der Waals surface area contributed by atoms with E-state index < -0.39 is 52.3 Å². The van der Waals surface area contributed by atoms with E-state index in [0.717, 1.165) is 57.8 Å². The third-order valence-electron chi connectivity index (χ3n) is 9.89. The molecule has 0 heterocycles. The van der Waals surface area contributed by atoms with E-state index in [1.54, 1.807) is 36.4 Å². The van der Waals surface area contributed by atoms with Crippen molar-refractivity contribution in [3.05, 3.63) is 72.8 Å². The maximum atomic E-state index is 11.7. The molecule has 0 aliphatic rings. The Morgan fingerprint density at radius 1 is 0.414 bits per heavy atom. The van der Waals surface area contributed by atoms with Gasteiger partial charge in [0.1, 0.15) is 53.5 Å².